The fourth-order valence-corrected chi connectivity index (χ4v) is 2.58. The Bertz CT molecular complexity index is 959. The van der Waals surface area contributed by atoms with Crippen LogP contribution in [-0.2, 0) is 6.18 Å². The van der Waals surface area contributed by atoms with Crippen molar-refractivity contribution in [3.05, 3.63) is 71.1 Å². The van der Waals surface area contributed by atoms with Gasteiger partial charge in [0.05, 0.1) is 28.0 Å². The topological polar surface area (TPSA) is 71.8 Å². The fraction of sp³-hybridized carbons (Fsp3) is 0.167. The number of pyridine rings is 1. The number of hydrogen-bond donors (Lipinski definition) is 2. The first-order valence-electron chi connectivity index (χ1n) is 8.19. The standard InChI is InChI=1S/C18H15ClF3N5O/c19-15-8-13(18(20,21)22)10-25-16(15)23-6-7-24-17(28)12-9-26-27(11-12)14-4-2-1-3-5-14/h1-5,8-11H,6-7H2,(H,23,25)(H,24,28). The van der Waals surface area contributed by atoms with E-state index in [1.54, 1.807) is 10.9 Å². The first kappa shape index (κ1) is 19.7. The first-order chi connectivity index (χ1) is 13.3. The minimum absolute atomic E-state index is 0.112. The van der Waals surface area contributed by atoms with Gasteiger partial charge >= 0.3 is 6.18 Å². The highest BCUT2D eigenvalue weighted by Crippen LogP contribution is 2.32. The number of para-hydroxylation sites is 1. The summed E-state index contributed by atoms with van der Waals surface area (Å²) >= 11 is 5.81. The van der Waals surface area contributed by atoms with Crippen LogP contribution < -0.4 is 10.6 Å². The number of rotatable bonds is 6. The molecular weight excluding hydrogens is 395 g/mol. The van der Waals surface area contributed by atoms with E-state index in [1.807, 2.05) is 30.3 Å². The van der Waals surface area contributed by atoms with Crippen molar-refractivity contribution in [3.63, 3.8) is 0 Å². The number of aromatic nitrogens is 3. The minimum Gasteiger partial charge on any atom is -0.367 e. The molecule has 2 aromatic heterocycles. The third kappa shape index (κ3) is 4.80. The van der Waals surface area contributed by atoms with Crippen molar-refractivity contribution in [2.45, 2.75) is 6.18 Å². The van der Waals surface area contributed by atoms with Crippen LogP contribution in [0.4, 0.5) is 19.0 Å². The van der Waals surface area contributed by atoms with Crippen LogP contribution in [0.15, 0.2) is 55.0 Å². The van der Waals surface area contributed by atoms with Crippen molar-refractivity contribution in [3.8, 4) is 5.69 Å². The van der Waals surface area contributed by atoms with Gasteiger partial charge in [0.25, 0.3) is 5.91 Å². The molecule has 0 saturated carbocycles. The van der Waals surface area contributed by atoms with E-state index >= 15 is 0 Å². The predicted molar refractivity (Wildman–Crippen MR) is 98.6 cm³/mol. The zero-order chi connectivity index (χ0) is 20.1. The van der Waals surface area contributed by atoms with Crippen LogP contribution in [0.5, 0.6) is 0 Å². The highest BCUT2D eigenvalue weighted by Gasteiger charge is 2.31. The molecule has 3 aromatic rings. The highest BCUT2D eigenvalue weighted by molar-refractivity contribution is 6.32. The van der Waals surface area contributed by atoms with Crippen molar-refractivity contribution in [2.75, 3.05) is 18.4 Å². The number of nitrogens with zero attached hydrogens (tertiary/aromatic N) is 3. The molecule has 6 nitrogen and oxygen atoms in total. The van der Waals surface area contributed by atoms with Gasteiger partial charge in [0, 0.05) is 25.5 Å². The van der Waals surface area contributed by atoms with Crippen LogP contribution in [0.25, 0.3) is 5.69 Å². The molecule has 0 atom stereocenters. The number of amides is 1. The van der Waals surface area contributed by atoms with Crippen molar-refractivity contribution in [2.24, 2.45) is 0 Å². The summed E-state index contributed by atoms with van der Waals surface area (Å²) in [6.07, 6.45) is -0.755. The number of hydrogen-bond acceptors (Lipinski definition) is 4. The summed E-state index contributed by atoms with van der Waals surface area (Å²) in [6, 6.07) is 10.1. The van der Waals surface area contributed by atoms with Crippen LogP contribution in [-0.4, -0.2) is 33.8 Å². The van der Waals surface area contributed by atoms with E-state index in [0.29, 0.717) is 11.8 Å². The van der Waals surface area contributed by atoms with Crippen molar-refractivity contribution < 1.29 is 18.0 Å². The fourth-order valence-electron chi connectivity index (χ4n) is 2.34. The van der Waals surface area contributed by atoms with Gasteiger partial charge in [-0.25, -0.2) is 9.67 Å². The second-order valence-corrected chi connectivity index (χ2v) is 6.15. The molecule has 1 amide bonds. The van der Waals surface area contributed by atoms with Crippen LogP contribution in [0.3, 0.4) is 0 Å². The average Bonchev–Trinajstić information content (AvgIpc) is 3.16. The Morgan fingerprint density at radius 2 is 1.89 bits per heavy atom. The Kier molecular flexibility index (Phi) is 5.84. The van der Waals surface area contributed by atoms with E-state index in [4.69, 9.17) is 11.6 Å². The van der Waals surface area contributed by atoms with Gasteiger partial charge in [-0.1, -0.05) is 29.8 Å². The van der Waals surface area contributed by atoms with E-state index < -0.39 is 11.7 Å². The smallest absolute Gasteiger partial charge is 0.367 e. The van der Waals surface area contributed by atoms with E-state index in [-0.39, 0.29) is 29.8 Å². The molecule has 2 heterocycles. The molecular formula is C18H15ClF3N5O. The number of alkyl halides is 3. The lowest BCUT2D eigenvalue weighted by Crippen LogP contribution is -2.28. The normalized spacial score (nSPS) is 11.3. The molecule has 28 heavy (non-hydrogen) atoms. The SMILES string of the molecule is O=C(NCCNc1ncc(C(F)(F)F)cc1Cl)c1cnn(-c2ccccc2)c1. The lowest BCUT2D eigenvalue weighted by molar-refractivity contribution is -0.137. The molecule has 0 bridgehead atoms. The third-order valence-corrected chi connectivity index (χ3v) is 4.03. The molecule has 2 N–H and O–H groups in total. The molecule has 10 heteroatoms. The second kappa shape index (κ2) is 8.30. The van der Waals surface area contributed by atoms with E-state index in [9.17, 15) is 18.0 Å². The van der Waals surface area contributed by atoms with Crippen molar-refractivity contribution in [1.29, 1.82) is 0 Å². The molecule has 0 aliphatic carbocycles. The minimum atomic E-state index is -4.51. The highest BCUT2D eigenvalue weighted by atomic mass is 35.5. The quantitative estimate of drug-likeness (QED) is 0.608. The summed E-state index contributed by atoms with van der Waals surface area (Å²) in [4.78, 5) is 15.8. The van der Waals surface area contributed by atoms with Crippen molar-refractivity contribution >= 4 is 23.3 Å². The lowest BCUT2D eigenvalue weighted by Gasteiger charge is -2.11. The Morgan fingerprint density at radius 1 is 1.14 bits per heavy atom. The van der Waals surface area contributed by atoms with Gasteiger partial charge in [-0.3, -0.25) is 4.79 Å². The number of nitrogens with one attached hydrogen (secondary N) is 2. The summed E-state index contributed by atoms with van der Waals surface area (Å²) < 4.78 is 39.4. The van der Waals surface area contributed by atoms with Crippen LogP contribution >= 0.6 is 11.6 Å². The van der Waals surface area contributed by atoms with E-state index in [1.165, 1.54) is 6.20 Å². The van der Waals surface area contributed by atoms with Gasteiger partial charge in [-0.2, -0.15) is 18.3 Å². The molecule has 146 valence electrons. The van der Waals surface area contributed by atoms with Crippen LogP contribution in [0, 0.1) is 0 Å². The number of carbonyl (C=O) groups is 1. The molecule has 0 fully saturated rings. The maximum Gasteiger partial charge on any atom is 0.417 e. The van der Waals surface area contributed by atoms with Crippen molar-refractivity contribution in [1.82, 2.24) is 20.1 Å². The molecule has 3 rings (SSSR count). The lowest BCUT2D eigenvalue weighted by atomic mass is 10.3. The van der Waals surface area contributed by atoms with E-state index in [2.05, 4.69) is 20.7 Å². The summed E-state index contributed by atoms with van der Waals surface area (Å²) in [5.41, 5.74) is 0.285. The molecule has 1 aromatic carbocycles. The average molecular weight is 410 g/mol. The molecule has 0 saturated heterocycles. The van der Waals surface area contributed by atoms with E-state index in [0.717, 1.165) is 11.8 Å². The zero-order valence-corrected chi connectivity index (χ0v) is 15.1. The Hall–Kier alpha value is -3.07. The third-order valence-electron chi connectivity index (χ3n) is 3.74. The Balaban J connectivity index is 1.51. The molecule has 0 spiro atoms. The Labute approximate surface area is 163 Å². The van der Waals surface area contributed by atoms with Gasteiger partial charge in [0.1, 0.15) is 5.82 Å². The molecule has 0 aliphatic heterocycles. The summed E-state index contributed by atoms with van der Waals surface area (Å²) in [5, 5.41) is 9.46. The number of benzene rings is 1. The maximum absolute atomic E-state index is 12.6. The van der Waals surface area contributed by atoms with Gasteiger partial charge in [-0.15, -0.1) is 0 Å². The van der Waals surface area contributed by atoms with Crippen LogP contribution in [0.2, 0.25) is 5.02 Å². The van der Waals surface area contributed by atoms with Gasteiger partial charge in [0.15, 0.2) is 0 Å². The van der Waals surface area contributed by atoms with Gasteiger partial charge in [-0.05, 0) is 18.2 Å². The van der Waals surface area contributed by atoms with Gasteiger partial charge in [0.2, 0.25) is 0 Å². The number of anilines is 1. The maximum atomic E-state index is 12.6. The monoisotopic (exact) mass is 409 g/mol. The summed E-state index contributed by atoms with van der Waals surface area (Å²) in [6.45, 7) is 0.449. The molecule has 0 radical (unpaired) electrons. The molecule has 0 unspecified atom stereocenters. The largest absolute Gasteiger partial charge is 0.417 e. The summed E-state index contributed by atoms with van der Waals surface area (Å²) in [7, 11) is 0. The first-order valence-corrected chi connectivity index (χ1v) is 8.57. The number of halogens is 4. The summed E-state index contributed by atoms with van der Waals surface area (Å²) in [5.74, 6) is -0.212. The number of carbonyl (C=O) groups excluding carboxylic acids is 1. The van der Waals surface area contributed by atoms with Gasteiger partial charge < -0.3 is 10.6 Å². The van der Waals surface area contributed by atoms with Crippen LogP contribution in [0.1, 0.15) is 15.9 Å². The predicted octanol–water partition coefficient (Wildman–Crippen LogP) is 3.78. The second-order valence-electron chi connectivity index (χ2n) is 5.74. The zero-order valence-electron chi connectivity index (χ0n) is 14.4. The Morgan fingerprint density at radius 3 is 2.57 bits per heavy atom. The molecule has 0 aliphatic rings.